The molecule has 2 N–H and O–H groups in total. The summed E-state index contributed by atoms with van der Waals surface area (Å²) < 4.78 is 13.3. The molecule has 0 saturated heterocycles. The van der Waals surface area contributed by atoms with Crippen LogP contribution in [0.5, 0.6) is 0 Å². The molecule has 0 heterocycles. The van der Waals surface area contributed by atoms with E-state index in [4.69, 9.17) is 11.6 Å². The molecule has 1 amide bonds. The summed E-state index contributed by atoms with van der Waals surface area (Å²) in [4.78, 5) is 22.2. The number of nitro benzene ring substituents is 1. The van der Waals surface area contributed by atoms with E-state index in [-0.39, 0.29) is 17.6 Å². The van der Waals surface area contributed by atoms with E-state index >= 15 is 0 Å². The highest BCUT2D eigenvalue weighted by molar-refractivity contribution is 6.30. The fraction of sp³-hybridized carbons (Fsp3) is 0.235. The van der Waals surface area contributed by atoms with Gasteiger partial charge in [-0.15, -0.1) is 0 Å². The molecular formula is C17H17ClFN3O3. The minimum atomic E-state index is -0.953. The highest BCUT2D eigenvalue weighted by Crippen LogP contribution is 2.22. The molecule has 6 nitrogen and oxygen atoms in total. The molecule has 0 fully saturated rings. The van der Waals surface area contributed by atoms with Crippen LogP contribution in [-0.2, 0) is 4.79 Å². The maximum Gasteiger partial charge on any atom is 0.306 e. The summed E-state index contributed by atoms with van der Waals surface area (Å²) in [6.45, 7) is 3.56. The lowest BCUT2D eigenvalue weighted by Crippen LogP contribution is -2.39. The average molecular weight is 366 g/mol. The standard InChI is InChI=1S/C17H17ClFN3O3/c1-10(12-3-5-13(18)6-4-12)20-11(2)17(23)21-14-7-8-15(19)16(9-14)22(24)25/h3-11,20H,1-2H3,(H,21,23)/t10-,11+/m1/s1. The molecule has 0 aliphatic heterocycles. The van der Waals surface area contributed by atoms with Crippen LogP contribution in [0, 0.1) is 15.9 Å². The van der Waals surface area contributed by atoms with Crippen LogP contribution in [0.3, 0.4) is 0 Å². The molecule has 0 saturated carbocycles. The van der Waals surface area contributed by atoms with Gasteiger partial charge in [0.05, 0.1) is 11.0 Å². The van der Waals surface area contributed by atoms with E-state index in [0.717, 1.165) is 17.7 Å². The Hall–Kier alpha value is -2.51. The van der Waals surface area contributed by atoms with Crippen molar-refractivity contribution in [2.75, 3.05) is 5.32 Å². The number of nitro groups is 1. The first kappa shape index (κ1) is 18.8. The maximum atomic E-state index is 13.3. The van der Waals surface area contributed by atoms with Gasteiger partial charge in [0, 0.05) is 22.8 Å². The van der Waals surface area contributed by atoms with Gasteiger partial charge in [-0.25, -0.2) is 0 Å². The maximum absolute atomic E-state index is 13.3. The summed E-state index contributed by atoms with van der Waals surface area (Å²) in [6, 6.07) is 9.76. The normalized spacial score (nSPS) is 13.1. The molecular weight excluding hydrogens is 349 g/mol. The van der Waals surface area contributed by atoms with E-state index in [2.05, 4.69) is 10.6 Å². The predicted molar refractivity (Wildman–Crippen MR) is 94.1 cm³/mol. The van der Waals surface area contributed by atoms with Crippen molar-refractivity contribution in [2.24, 2.45) is 0 Å². The van der Waals surface area contributed by atoms with Crippen LogP contribution in [0.1, 0.15) is 25.5 Å². The molecule has 2 aromatic rings. The van der Waals surface area contributed by atoms with Gasteiger partial charge >= 0.3 is 5.69 Å². The molecule has 2 atom stereocenters. The van der Waals surface area contributed by atoms with Gasteiger partial charge in [0.2, 0.25) is 11.7 Å². The Morgan fingerprint density at radius 2 is 1.84 bits per heavy atom. The monoisotopic (exact) mass is 365 g/mol. The van der Waals surface area contributed by atoms with Gasteiger partial charge < -0.3 is 5.32 Å². The molecule has 0 aliphatic rings. The number of nitrogens with one attached hydrogen (secondary N) is 2. The molecule has 0 aromatic heterocycles. The van der Waals surface area contributed by atoms with E-state index in [1.165, 1.54) is 6.07 Å². The van der Waals surface area contributed by atoms with Crippen LogP contribution in [0.15, 0.2) is 42.5 Å². The Bertz CT molecular complexity index is 783. The number of hydrogen-bond donors (Lipinski definition) is 2. The molecule has 0 bridgehead atoms. The second-order valence-electron chi connectivity index (χ2n) is 5.57. The van der Waals surface area contributed by atoms with Crippen LogP contribution in [0.25, 0.3) is 0 Å². The zero-order valence-corrected chi connectivity index (χ0v) is 14.4. The predicted octanol–water partition coefficient (Wildman–Crippen LogP) is 4.07. The van der Waals surface area contributed by atoms with Gasteiger partial charge in [-0.3, -0.25) is 20.2 Å². The van der Waals surface area contributed by atoms with Gasteiger partial charge in [0.15, 0.2) is 0 Å². The minimum Gasteiger partial charge on any atom is -0.324 e. The first-order valence-corrected chi connectivity index (χ1v) is 7.92. The summed E-state index contributed by atoms with van der Waals surface area (Å²) in [6.07, 6.45) is 0. The first-order valence-electron chi connectivity index (χ1n) is 7.54. The van der Waals surface area contributed by atoms with Gasteiger partial charge in [-0.1, -0.05) is 23.7 Å². The lowest BCUT2D eigenvalue weighted by atomic mass is 10.1. The zero-order chi connectivity index (χ0) is 18.6. The molecule has 0 aliphatic carbocycles. The zero-order valence-electron chi connectivity index (χ0n) is 13.6. The van der Waals surface area contributed by atoms with Crippen molar-refractivity contribution in [3.63, 3.8) is 0 Å². The second-order valence-corrected chi connectivity index (χ2v) is 6.01. The van der Waals surface area contributed by atoms with E-state index in [1.807, 2.05) is 19.1 Å². The third-order valence-corrected chi connectivity index (χ3v) is 3.93. The van der Waals surface area contributed by atoms with E-state index in [1.54, 1.807) is 19.1 Å². The fourth-order valence-electron chi connectivity index (χ4n) is 2.28. The number of carbonyl (C=O) groups is 1. The lowest BCUT2D eigenvalue weighted by Gasteiger charge is -2.20. The second kappa shape index (κ2) is 8.04. The Morgan fingerprint density at radius 3 is 2.44 bits per heavy atom. The van der Waals surface area contributed by atoms with Crippen LogP contribution in [0.4, 0.5) is 15.8 Å². The molecule has 0 spiro atoms. The van der Waals surface area contributed by atoms with E-state index in [0.29, 0.717) is 5.02 Å². The van der Waals surface area contributed by atoms with Crippen LogP contribution in [0.2, 0.25) is 5.02 Å². The molecule has 2 aromatic carbocycles. The number of amides is 1. The molecule has 132 valence electrons. The smallest absolute Gasteiger partial charge is 0.306 e. The number of halogens is 2. The van der Waals surface area contributed by atoms with Gasteiger partial charge in [-0.2, -0.15) is 4.39 Å². The van der Waals surface area contributed by atoms with Crippen LogP contribution in [-0.4, -0.2) is 16.9 Å². The van der Waals surface area contributed by atoms with Crippen molar-refractivity contribution < 1.29 is 14.1 Å². The Labute approximate surface area is 149 Å². The molecule has 0 unspecified atom stereocenters. The number of hydrogen-bond acceptors (Lipinski definition) is 4. The largest absolute Gasteiger partial charge is 0.324 e. The minimum absolute atomic E-state index is 0.111. The highest BCUT2D eigenvalue weighted by Gasteiger charge is 2.19. The Morgan fingerprint density at radius 1 is 1.20 bits per heavy atom. The fourth-order valence-corrected chi connectivity index (χ4v) is 2.41. The summed E-state index contributed by atoms with van der Waals surface area (Å²) in [7, 11) is 0. The number of benzene rings is 2. The van der Waals surface area contributed by atoms with Gasteiger partial charge in [-0.05, 0) is 43.7 Å². The third-order valence-electron chi connectivity index (χ3n) is 3.67. The molecule has 8 heteroatoms. The topological polar surface area (TPSA) is 84.3 Å². The van der Waals surface area contributed by atoms with Gasteiger partial charge in [0.25, 0.3) is 0 Å². The van der Waals surface area contributed by atoms with E-state index in [9.17, 15) is 19.3 Å². The van der Waals surface area contributed by atoms with Crippen molar-refractivity contribution >= 4 is 28.9 Å². The van der Waals surface area contributed by atoms with Crippen molar-refractivity contribution in [3.8, 4) is 0 Å². The third kappa shape index (κ3) is 4.98. The van der Waals surface area contributed by atoms with Crippen molar-refractivity contribution in [3.05, 3.63) is 69.0 Å². The molecule has 0 radical (unpaired) electrons. The highest BCUT2D eigenvalue weighted by atomic mass is 35.5. The summed E-state index contributed by atoms with van der Waals surface area (Å²) in [5, 5.41) is 17.0. The average Bonchev–Trinajstić information content (AvgIpc) is 2.56. The molecule has 25 heavy (non-hydrogen) atoms. The van der Waals surface area contributed by atoms with Crippen LogP contribution < -0.4 is 10.6 Å². The number of anilines is 1. The number of carbonyl (C=O) groups excluding carboxylic acids is 1. The SMILES string of the molecule is C[C@H](N[C@H](C)c1ccc(Cl)cc1)C(=O)Nc1ccc(F)c([N+](=O)[O-])c1. The molecule has 2 rings (SSSR count). The van der Waals surface area contributed by atoms with Gasteiger partial charge in [0.1, 0.15) is 0 Å². The summed E-state index contributed by atoms with van der Waals surface area (Å²) in [5.41, 5.74) is 0.431. The van der Waals surface area contributed by atoms with Crippen molar-refractivity contribution in [1.82, 2.24) is 5.32 Å². The quantitative estimate of drug-likeness (QED) is 0.597. The first-order chi connectivity index (χ1) is 11.8. The van der Waals surface area contributed by atoms with Crippen molar-refractivity contribution in [2.45, 2.75) is 25.9 Å². The Kier molecular flexibility index (Phi) is 6.06. The van der Waals surface area contributed by atoms with E-state index < -0.39 is 22.5 Å². The number of rotatable bonds is 6. The summed E-state index contributed by atoms with van der Waals surface area (Å²) >= 11 is 5.85. The van der Waals surface area contributed by atoms with Crippen LogP contribution >= 0.6 is 11.6 Å². The Balaban J connectivity index is 2.01. The van der Waals surface area contributed by atoms with Crippen molar-refractivity contribution in [1.29, 1.82) is 0 Å². The summed E-state index contributed by atoms with van der Waals surface area (Å²) in [5.74, 6) is -1.34. The lowest BCUT2D eigenvalue weighted by molar-refractivity contribution is -0.387. The number of nitrogens with zero attached hydrogens (tertiary/aromatic N) is 1.